The fourth-order valence-electron chi connectivity index (χ4n) is 3.02. The van der Waals surface area contributed by atoms with Crippen molar-refractivity contribution in [2.75, 3.05) is 5.32 Å². The molecule has 0 aromatic carbocycles. The first kappa shape index (κ1) is 14.5. The molecule has 2 heterocycles. The SMILES string of the molecule is O=C(CCC1CCCCC1)Nc1cc(Br)cn2cnnc12. The molecule has 1 saturated carbocycles. The molecule has 0 atom stereocenters. The molecule has 0 aliphatic heterocycles. The van der Waals surface area contributed by atoms with Crippen molar-refractivity contribution in [1.82, 2.24) is 14.6 Å². The summed E-state index contributed by atoms with van der Waals surface area (Å²) in [6, 6.07) is 1.86. The Hall–Kier alpha value is -1.43. The van der Waals surface area contributed by atoms with Crippen molar-refractivity contribution in [3.8, 4) is 0 Å². The fourth-order valence-corrected chi connectivity index (χ4v) is 3.47. The van der Waals surface area contributed by atoms with E-state index in [-0.39, 0.29) is 5.91 Å². The number of carbonyl (C=O) groups is 1. The Balaban J connectivity index is 1.61. The zero-order valence-electron chi connectivity index (χ0n) is 11.9. The molecule has 1 fully saturated rings. The second-order valence-electron chi connectivity index (χ2n) is 5.72. The number of anilines is 1. The van der Waals surface area contributed by atoms with Crippen molar-refractivity contribution in [1.29, 1.82) is 0 Å². The van der Waals surface area contributed by atoms with E-state index in [2.05, 4.69) is 31.4 Å². The first-order chi connectivity index (χ1) is 10.2. The Kier molecular flexibility index (Phi) is 4.53. The number of pyridine rings is 1. The normalized spacial score (nSPS) is 16.2. The quantitative estimate of drug-likeness (QED) is 0.912. The summed E-state index contributed by atoms with van der Waals surface area (Å²) in [5.74, 6) is 0.781. The van der Waals surface area contributed by atoms with Crippen LogP contribution in [-0.4, -0.2) is 20.5 Å². The van der Waals surface area contributed by atoms with Crippen molar-refractivity contribution in [2.45, 2.75) is 44.9 Å². The van der Waals surface area contributed by atoms with E-state index < -0.39 is 0 Å². The Labute approximate surface area is 132 Å². The summed E-state index contributed by atoms with van der Waals surface area (Å²) < 4.78 is 2.68. The van der Waals surface area contributed by atoms with Gasteiger partial charge in [0, 0.05) is 17.1 Å². The number of fused-ring (bicyclic) bond motifs is 1. The predicted octanol–water partition coefficient (Wildman–Crippen LogP) is 3.79. The maximum absolute atomic E-state index is 12.1. The molecule has 1 aliphatic rings. The van der Waals surface area contributed by atoms with Gasteiger partial charge in [0.25, 0.3) is 0 Å². The van der Waals surface area contributed by atoms with Crippen molar-refractivity contribution in [2.24, 2.45) is 5.92 Å². The lowest BCUT2D eigenvalue weighted by Gasteiger charge is -2.21. The topological polar surface area (TPSA) is 59.3 Å². The zero-order valence-corrected chi connectivity index (χ0v) is 13.5. The highest BCUT2D eigenvalue weighted by atomic mass is 79.9. The maximum Gasteiger partial charge on any atom is 0.224 e. The summed E-state index contributed by atoms with van der Waals surface area (Å²) in [7, 11) is 0. The van der Waals surface area contributed by atoms with Crippen LogP contribution in [0.2, 0.25) is 0 Å². The van der Waals surface area contributed by atoms with Crippen LogP contribution >= 0.6 is 15.9 Å². The third-order valence-electron chi connectivity index (χ3n) is 4.14. The smallest absolute Gasteiger partial charge is 0.224 e. The molecule has 5 nitrogen and oxygen atoms in total. The summed E-state index contributed by atoms with van der Waals surface area (Å²) in [4.78, 5) is 12.1. The number of aromatic nitrogens is 3. The van der Waals surface area contributed by atoms with Crippen LogP contribution < -0.4 is 5.32 Å². The van der Waals surface area contributed by atoms with Gasteiger partial charge in [-0.3, -0.25) is 9.20 Å². The lowest BCUT2D eigenvalue weighted by molar-refractivity contribution is -0.116. The number of nitrogens with one attached hydrogen (secondary N) is 1. The Morgan fingerprint density at radius 2 is 2.19 bits per heavy atom. The van der Waals surface area contributed by atoms with Crippen LogP contribution in [0.3, 0.4) is 0 Å². The van der Waals surface area contributed by atoms with Gasteiger partial charge in [-0.1, -0.05) is 32.1 Å². The van der Waals surface area contributed by atoms with Gasteiger partial charge in [0.15, 0.2) is 5.65 Å². The van der Waals surface area contributed by atoms with Crippen molar-refractivity contribution in [3.05, 3.63) is 23.1 Å². The van der Waals surface area contributed by atoms with E-state index in [0.29, 0.717) is 17.8 Å². The van der Waals surface area contributed by atoms with E-state index in [1.165, 1.54) is 32.1 Å². The van der Waals surface area contributed by atoms with E-state index in [0.717, 1.165) is 16.8 Å². The van der Waals surface area contributed by atoms with Crippen molar-refractivity contribution < 1.29 is 4.79 Å². The van der Waals surface area contributed by atoms with Gasteiger partial charge in [-0.05, 0) is 34.3 Å². The number of carbonyl (C=O) groups excluding carboxylic acids is 1. The molecular formula is C15H19BrN4O. The third-order valence-corrected chi connectivity index (χ3v) is 4.57. The number of hydrogen-bond acceptors (Lipinski definition) is 3. The van der Waals surface area contributed by atoms with Crippen LogP contribution in [-0.2, 0) is 4.79 Å². The van der Waals surface area contributed by atoms with Gasteiger partial charge < -0.3 is 5.32 Å². The minimum Gasteiger partial charge on any atom is -0.323 e. The standard InChI is InChI=1S/C15H19BrN4O/c16-12-8-13(15-19-17-10-20(15)9-12)18-14(21)7-6-11-4-2-1-3-5-11/h8-11H,1-7H2,(H,18,21). The van der Waals surface area contributed by atoms with Crippen LogP contribution in [0, 0.1) is 5.92 Å². The van der Waals surface area contributed by atoms with Crippen LogP contribution in [0.1, 0.15) is 44.9 Å². The van der Waals surface area contributed by atoms with E-state index in [4.69, 9.17) is 0 Å². The maximum atomic E-state index is 12.1. The average Bonchev–Trinajstić information content (AvgIpc) is 2.94. The number of rotatable bonds is 4. The van der Waals surface area contributed by atoms with Gasteiger partial charge in [0.1, 0.15) is 6.33 Å². The molecular weight excluding hydrogens is 332 g/mol. The Morgan fingerprint density at radius 3 is 3.00 bits per heavy atom. The first-order valence-electron chi connectivity index (χ1n) is 7.51. The molecule has 1 aliphatic carbocycles. The highest BCUT2D eigenvalue weighted by molar-refractivity contribution is 9.10. The van der Waals surface area contributed by atoms with E-state index >= 15 is 0 Å². The van der Waals surface area contributed by atoms with Crippen LogP contribution in [0.4, 0.5) is 5.69 Å². The molecule has 0 spiro atoms. The molecule has 1 N–H and O–H groups in total. The van der Waals surface area contributed by atoms with Gasteiger partial charge in [0.2, 0.25) is 5.91 Å². The molecule has 21 heavy (non-hydrogen) atoms. The van der Waals surface area contributed by atoms with E-state index in [1.54, 1.807) is 10.7 Å². The van der Waals surface area contributed by atoms with Crippen molar-refractivity contribution >= 4 is 33.2 Å². The largest absolute Gasteiger partial charge is 0.323 e. The molecule has 112 valence electrons. The Morgan fingerprint density at radius 1 is 1.38 bits per heavy atom. The van der Waals surface area contributed by atoms with Crippen LogP contribution in [0.25, 0.3) is 5.65 Å². The lowest BCUT2D eigenvalue weighted by Crippen LogP contribution is -2.15. The Bertz CT molecular complexity index is 634. The molecule has 6 heteroatoms. The summed E-state index contributed by atoms with van der Waals surface area (Å²) in [6.07, 6.45) is 11.6. The van der Waals surface area contributed by atoms with E-state index in [1.807, 2.05) is 12.3 Å². The van der Waals surface area contributed by atoms with Crippen LogP contribution in [0.15, 0.2) is 23.1 Å². The minimum absolute atomic E-state index is 0.0589. The summed E-state index contributed by atoms with van der Waals surface area (Å²) in [6.45, 7) is 0. The number of amides is 1. The van der Waals surface area contributed by atoms with E-state index in [9.17, 15) is 4.79 Å². The zero-order chi connectivity index (χ0) is 14.7. The molecule has 0 radical (unpaired) electrons. The number of halogens is 1. The average molecular weight is 351 g/mol. The monoisotopic (exact) mass is 350 g/mol. The number of nitrogens with zero attached hydrogens (tertiary/aromatic N) is 3. The predicted molar refractivity (Wildman–Crippen MR) is 85.1 cm³/mol. The molecule has 0 saturated heterocycles. The van der Waals surface area contributed by atoms with Crippen LogP contribution in [0.5, 0.6) is 0 Å². The fraction of sp³-hybridized carbons (Fsp3) is 0.533. The number of hydrogen-bond donors (Lipinski definition) is 1. The molecule has 2 aromatic rings. The highest BCUT2D eigenvalue weighted by Gasteiger charge is 2.15. The highest BCUT2D eigenvalue weighted by Crippen LogP contribution is 2.27. The second kappa shape index (κ2) is 6.56. The molecule has 1 amide bonds. The molecule has 2 aromatic heterocycles. The second-order valence-corrected chi connectivity index (χ2v) is 6.64. The van der Waals surface area contributed by atoms with Gasteiger partial charge in [-0.15, -0.1) is 10.2 Å². The van der Waals surface area contributed by atoms with Gasteiger partial charge in [-0.2, -0.15) is 0 Å². The lowest BCUT2D eigenvalue weighted by atomic mass is 9.86. The molecule has 3 rings (SSSR count). The van der Waals surface area contributed by atoms with Gasteiger partial charge >= 0.3 is 0 Å². The summed E-state index contributed by atoms with van der Waals surface area (Å²) in [5.41, 5.74) is 1.37. The molecule has 0 bridgehead atoms. The van der Waals surface area contributed by atoms with Gasteiger partial charge in [-0.25, -0.2) is 0 Å². The summed E-state index contributed by atoms with van der Waals surface area (Å²) in [5, 5.41) is 10.9. The summed E-state index contributed by atoms with van der Waals surface area (Å²) >= 11 is 3.43. The molecule has 0 unspecified atom stereocenters. The van der Waals surface area contributed by atoms with Crippen molar-refractivity contribution in [3.63, 3.8) is 0 Å². The van der Waals surface area contributed by atoms with Gasteiger partial charge in [0.05, 0.1) is 5.69 Å². The first-order valence-corrected chi connectivity index (χ1v) is 8.30. The minimum atomic E-state index is 0.0589. The third kappa shape index (κ3) is 3.61.